The number of β-amino-alcohol motifs (C(OH)–C–C–N with tert-alkyl or cyclic N) is 1. The highest BCUT2D eigenvalue weighted by atomic mass is 32.2. The number of imide groups is 1. The maximum Gasteiger partial charge on any atom is 0.277 e. The summed E-state index contributed by atoms with van der Waals surface area (Å²) >= 11 is 0. The summed E-state index contributed by atoms with van der Waals surface area (Å²) in [5.41, 5.74) is 1.19. The van der Waals surface area contributed by atoms with Gasteiger partial charge >= 0.3 is 0 Å². The first kappa shape index (κ1) is 20.3. The molecule has 0 bridgehead atoms. The van der Waals surface area contributed by atoms with Crippen LogP contribution in [-0.2, 0) is 24.2 Å². The lowest BCUT2D eigenvalue weighted by Gasteiger charge is -2.31. The number of aliphatic hydroxyl groups excluding tert-OH is 1. The number of rotatable bonds is 7. The Morgan fingerprint density at radius 1 is 1.21 bits per heavy atom. The Labute approximate surface area is 163 Å². The molecule has 2 N–H and O–H groups in total. The summed E-state index contributed by atoms with van der Waals surface area (Å²) < 4.78 is 30.0. The minimum absolute atomic E-state index is 0.0407. The number of nitrogens with one attached hydrogen (secondary N) is 1. The van der Waals surface area contributed by atoms with E-state index in [1.807, 2.05) is 4.90 Å². The zero-order valence-electron chi connectivity index (χ0n) is 15.6. The predicted molar refractivity (Wildman–Crippen MR) is 103 cm³/mol. The first-order chi connectivity index (χ1) is 13.4. The summed E-state index contributed by atoms with van der Waals surface area (Å²) in [5, 5.41) is 12.0. The van der Waals surface area contributed by atoms with Crippen LogP contribution >= 0.6 is 0 Å². The van der Waals surface area contributed by atoms with Gasteiger partial charge in [0.25, 0.3) is 11.8 Å². The van der Waals surface area contributed by atoms with Gasteiger partial charge in [0.05, 0.1) is 48.4 Å². The number of sulfone groups is 1. The molecule has 1 aromatic rings. The Morgan fingerprint density at radius 3 is 2.57 bits per heavy atom. The van der Waals surface area contributed by atoms with Crippen molar-refractivity contribution >= 4 is 33.0 Å². The van der Waals surface area contributed by atoms with Crippen molar-refractivity contribution in [2.45, 2.75) is 11.8 Å². The van der Waals surface area contributed by atoms with E-state index in [0.717, 1.165) is 16.7 Å². The molecule has 2 aliphatic rings. The van der Waals surface area contributed by atoms with E-state index in [9.17, 15) is 18.0 Å². The number of benzene rings is 1. The van der Waals surface area contributed by atoms with Crippen LogP contribution in [0.5, 0.6) is 0 Å². The summed E-state index contributed by atoms with van der Waals surface area (Å²) in [6, 6.07) is 4.73. The summed E-state index contributed by atoms with van der Waals surface area (Å²) in [7, 11) is -3.44. The molecule has 0 aliphatic carbocycles. The molecule has 0 saturated carbocycles. The molecule has 9 nitrogen and oxygen atoms in total. The van der Waals surface area contributed by atoms with E-state index in [1.54, 1.807) is 19.1 Å². The minimum Gasteiger partial charge on any atom is -0.395 e. The van der Waals surface area contributed by atoms with Gasteiger partial charge in [-0.05, 0) is 18.2 Å². The Morgan fingerprint density at radius 2 is 1.93 bits per heavy atom. The lowest BCUT2D eigenvalue weighted by molar-refractivity contribution is -0.137. The number of hydrogen-bond donors (Lipinski definition) is 2. The van der Waals surface area contributed by atoms with Crippen LogP contribution in [0.1, 0.15) is 6.92 Å². The zero-order chi connectivity index (χ0) is 20.3. The van der Waals surface area contributed by atoms with E-state index in [0.29, 0.717) is 32.0 Å². The second kappa shape index (κ2) is 8.29. The predicted octanol–water partition coefficient (Wildman–Crippen LogP) is -0.0263. The summed E-state index contributed by atoms with van der Waals surface area (Å²) in [6.45, 7) is 3.46. The molecule has 10 heteroatoms. The third kappa shape index (κ3) is 4.03. The molecule has 1 fully saturated rings. The molecule has 0 atom stereocenters. The second-order valence-electron chi connectivity index (χ2n) is 6.38. The molecule has 1 aromatic carbocycles. The van der Waals surface area contributed by atoms with Gasteiger partial charge in [0.15, 0.2) is 9.84 Å². The van der Waals surface area contributed by atoms with Crippen molar-refractivity contribution in [3.8, 4) is 0 Å². The highest BCUT2D eigenvalue weighted by Crippen LogP contribution is 2.32. The highest BCUT2D eigenvalue weighted by Gasteiger charge is 2.31. The van der Waals surface area contributed by atoms with Crippen molar-refractivity contribution in [3.05, 3.63) is 30.0 Å². The van der Waals surface area contributed by atoms with Gasteiger partial charge in [-0.15, -0.1) is 0 Å². The van der Waals surface area contributed by atoms with Crippen molar-refractivity contribution in [2.75, 3.05) is 55.4 Å². The topological polar surface area (TPSA) is 116 Å². The molecule has 0 spiro atoms. The fourth-order valence-corrected chi connectivity index (χ4v) is 4.02. The van der Waals surface area contributed by atoms with E-state index in [-0.39, 0.29) is 29.5 Å². The van der Waals surface area contributed by atoms with Gasteiger partial charge in [-0.3, -0.25) is 14.5 Å². The van der Waals surface area contributed by atoms with E-state index in [2.05, 4.69) is 5.32 Å². The Balaban J connectivity index is 1.97. The Kier molecular flexibility index (Phi) is 6.01. The van der Waals surface area contributed by atoms with Crippen molar-refractivity contribution < 1.29 is 27.9 Å². The van der Waals surface area contributed by atoms with Crippen molar-refractivity contribution in [1.29, 1.82) is 0 Å². The average molecular weight is 409 g/mol. The van der Waals surface area contributed by atoms with Crippen LogP contribution in [-0.4, -0.2) is 75.4 Å². The second-order valence-corrected chi connectivity index (χ2v) is 8.66. The smallest absolute Gasteiger partial charge is 0.277 e. The van der Waals surface area contributed by atoms with Crippen LogP contribution in [0.4, 0.5) is 11.4 Å². The number of carbonyl (C=O) groups is 2. The van der Waals surface area contributed by atoms with E-state index < -0.39 is 21.7 Å². The molecule has 0 aromatic heterocycles. The third-order valence-electron chi connectivity index (χ3n) is 4.66. The van der Waals surface area contributed by atoms with Crippen molar-refractivity contribution in [2.24, 2.45) is 0 Å². The number of ether oxygens (including phenoxy) is 1. The normalized spacial score (nSPS) is 17.9. The summed E-state index contributed by atoms with van der Waals surface area (Å²) in [4.78, 5) is 27.5. The van der Waals surface area contributed by atoms with Gasteiger partial charge in [-0.25, -0.2) is 8.42 Å². The minimum atomic E-state index is -3.44. The van der Waals surface area contributed by atoms with Gasteiger partial charge in [-0.1, -0.05) is 6.92 Å². The number of amides is 2. The number of nitrogens with zero attached hydrogens (tertiary/aromatic N) is 2. The molecule has 2 amide bonds. The first-order valence-corrected chi connectivity index (χ1v) is 10.7. The number of aliphatic hydroxyl groups is 1. The number of carbonyl (C=O) groups excluding carboxylic acids is 2. The molecule has 0 radical (unpaired) electrons. The molecule has 2 heterocycles. The third-order valence-corrected chi connectivity index (χ3v) is 6.39. The Hall–Kier alpha value is -2.43. The highest BCUT2D eigenvalue weighted by molar-refractivity contribution is 7.91. The van der Waals surface area contributed by atoms with Gasteiger partial charge in [0, 0.05) is 19.2 Å². The van der Waals surface area contributed by atoms with Crippen molar-refractivity contribution in [3.63, 3.8) is 0 Å². The lowest BCUT2D eigenvalue weighted by Crippen LogP contribution is -2.37. The maximum absolute atomic E-state index is 12.4. The monoisotopic (exact) mass is 409 g/mol. The largest absolute Gasteiger partial charge is 0.395 e. The number of anilines is 2. The van der Waals surface area contributed by atoms with Crippen LogP contribution in [0.3, 0.4) is 0 Å². The molecule has 152 valence electrons. The molecular formula is C18H23N3O6S. The van der Waals surface area contributed by atoms with Crippen LogP contribution in [0.15, 0.2) is 34.9 Å². The SMILES string of the molecule is CCS(=O)(=O)c1ccc(N2CCOCC2)c(NC2=CC(=O)N(CCO)C2=O)c1. The van der Waals surface area contributed by atoms with Gasteiger partial charge in [0.1, 0.15) is 5.70 Å². The fraction of sp³-hybridized carbons (Fsp3) is 0.444. The summed E-state index contributed by atoms with van der Waals surface area (Å²) in [6.07, 6.45) is 1.15. The number of hydrogen-bond acceptors (Lipinski definition) is 8. The lowest BCUT2D eigenvalue weighted by atomic mass is 10.2. The van der Waals surface area contributed by atoms with Crippen LogP contribution < -0.4 is 10.2 Å². The maximum atomic E-state index is 12.4. The number of morpholine rings is 1. The fourth-order valence-electron chi connectivity index (χ4n) is 3.11. The molecule has 2 aliphatic heterocycles. The molecular weight excluding hydrogens is 386 g/mol. The van der Waals surface area contributed by atoms with Gasteiger partial charge in [-0.2, -0.15) is 0 Å². The molecule has 0 unspecified atom stereocenters. The standard InChI is InChI=1S/C18H23N3O6S/c1-2-28(25,26)13-3-4-16(20-6-9-27-10-7-20)14(11-13)19-15-12-17(23)21(5-8-22)18(15)24/h3-4,11-12,19,22H,2,5-10H2,1H3. The average Bonchev–Trinajstić information content (AvgIpc) is 2.96. The van der Waals surface area contributed by atoms with Crippen molar-refractivity contribution in [1.82, 2.24) is 4.90 Å². The Bertz CT molecular complexity index is 906. The van der Waals surface area contributed by atoms with E-state index in [1.165, 1.54) is 6.07 Å². The van der Waals surface area contributed by atoms with Crippen LogP contribution in [0.2, 0.25) is 0 Å². The molecule has 28 heavy (non-hydrogen) atoms. The van der Waals surface area contributed by atoms with Crippen LogP contribution in [0.25, 0.3) is 0 Å². The first-order valence-electron chi connectivity index (χ1n) is 9.02. The van der Waals surface area contributed by atoms with E-state index in [4.69, 9.17) is 9.84 Å². The zero-order valence-corrected chi connectivity index (χ0v) is 16.4. The van der Waals surface area contributed by atoms with Crippen LogP contribution in [0, 0.1) is 0 Å². The quantitative estimate of drug-likeness (QED) is 0.604. The molecule has 1 saturated heterocycles. The molecule has 3 rings (SSSR count). The van der Waals surface area contributed by atoms with E-state index >= 15 is 0 Å². The van der Waals surface area contributed by atoms with Gasteiger partial charge in [0.2, 0.25) is 0 Å². The van der Waals surface area contributed by atoms with Gasteiger partial charge < -0.3 is 20.1 Å². The summed E-state index contributed by atoms with van der Waals surface area (Å²) in [5.74, 6) is -1.13.